The smallest absolute Gasteiger partial charge is 0.168 e. The molecular formula is C20H36O5. The predicted molar refractivity (Wildman–Crippen MR) is 95.0 cm³/mol. The van der Waals surface area contributed by atoms with Gasteiger partial charge in [0, 0.05) is 25.7 Å². The molecule has 0 spiro atoms. The van der Waals surface area contributed by atoms with Crippen molar-refractivity contribution < 1.29 is 24.4 Å². The maximum Gasteiger partial charge on any atom is 0.168 e. The Balaban J connectivity index is 1.51. The molecule has 2 heterocycles. The van der Waals surface area contributed by atoms with Crippen LogP contribution in [0, 0.1) is 11.8 Å². The fourth-order valence-corrected chi connectivity index (χ4v) is 4.94. The zero-order valence-electron chi connectivity index (χ0n) is 15.7. The highest BCUT2D eigenvalue weighted by molar-refractivity contribution is 4.96. The molecule has 3 fully saturated rings. The van der Waals surface area contributed by atoms with Crippen LogP contribution in [0.3, 0.4) is 0 Å². The van der Waals surface area contributed by atoms with Crippen molar-refractivity contribution in [1.82, 2.24) is 0 Å². The van der Waals surface area contributed by atoms with Crippen molar-refractivity contribution in [1.29, 1.82) is 0 Å². The SMILES string of the molecule is CCCCCCCC1(CC[C@H]2C(O)C[C@@H]3OC(O)C[C@@H]32)OCCCO1. The quantitative estimate of drug-likeness (QED) is 0.620. The molecule has 0 aromatic carbocycles. The van der Waals surface area contributed by atoms with Crippen LogP contribution >= 0.6 is 0 Å². The summed E-state index contributed by atoms with van der Waals surface area (Å²) in [7, 11) is 0. The van der Waals surface area contributed by atoms with Gasteiger partial charge in [-0.25, -0.2) is 0 Å². The van der Waals surface area contributed by atoms with Gasteiger partial charge in [-0.2, -0.15) is 0 Å². The van der Waals surface area contributed by atoms with Crippen LogP contribution in [0.2, 0.25) is 0 Å². The van der Waals surface area contributed by atoms with Crippen LogP contribution in [0.25, 0.3) is 0 Å². The van der Waals surface area contributed by atoms with Crippen molar-refractivity contribution in [2.45, 2.75) is 102 Å². The number of unbranched alkanes of at least 4 members (excludes halogenated alkanes) is 4. The minimum Gasteiger partial charge on any atom is -0.393 e. The summed E-state index contributed by atoms with van der Waals surface area (Å²) in [5.41, 5.74) is 0. The third kappa shape index (κ3) is 4.95. The highest BCUT2D eigenvalue weighted by Crippen LogP contribution is 2.46. The molecule has 5 nitrogen and oxygen atoms in total. The lowest BCUT2D eigenvalue weighted by Gasteiger charge is -2.38. The van der Waals surface area contributed by atoms with Crippen LogP contribution in [0.5, 0.6) is 0 Å². The molecule has 5 atom stereocenters. The van der Waals surface area contributed by atoms with Crippen molar-refractivity contribution in [3.8, 4) is 0 Å². The molecule has 2 unspecified atom stereocenters. The largest absolute Gasteiger partial charge is 0.393 e. The molecular weight excluding hydrogens is 320 g/mol. The van der Waals surface area contributed by atoms with E-state index < -0.39 is 12.1 Å². The van der Waals surface area contributed by atoms with E-state index in [2.05, 4.69) is 6.92 Å². The Labute approximate surface area is 152 Å². The van der Waals surface area contributed by atoms with E-state index >= 15 is 0 Å². The number of hydrogen-bond acceptors (Lipinski definition) is 5. The van der Waals surface area contributed by atoms with Gasteiger partial charge in [0.1, 0.15) is 0 Å². The van der Waals surface area contributed by atoms with Crippen molar-refractivity contribution >= 4 is 0 Å². The highest BCUT2D eigenvalue weighted by atomic mass is 16.7. The number of aliphatic hydroxyl groups excluding tert-OH is 2. The molecule has 2 N–H and O–H groups in total. The van der Waals surface area contributed by atoms with E-state index in [1.807, 2.05) is 0 Å². The zero-order chi connectivity index (χ0) is 17.7. The second-order valence-electron chi connectivity index (χ2n) is 8.16. The molecule has 2 aliphatic heterocycles. The molecule has 0 amide bonds. The molecule has 0 bridgehead atoms. The summed E-state index contributed by atoms with van der Waals surface area (Å²) in [5.74, 6) is 0.00353. The molecule has 0 radical (unpaired) electrons. The second kappa shape index (κ2) is 9.14. The first-order valence-corrected chi connectivity index (χ1v) is 10.4. The van der Waals surface area contributed by atoms with Crippen molar-refractivity contribution in [3.05, 3.63) is 0 Å². The maximum atomic E-state index is 10.4. The number of ether oxygens (including phenoxy) is 3. The minimum absolute atomic E-state index is 0.0215. The van der Waals surface area contributed by atoms with Crippen LogP contribution in [0.1, 0.15) is 77.6 Å². The number of fused-ring (bicyclic) bond motifs is 1. The standard InChI is InChI=1S/C20H36O5/c1-2-3-4-5-6-9-20(23-11-7-12-24-20)10-8-15-16-13-19(22)25-18(16)14-17(15)21/h15-19,21-22H,2-14H2,1H3/t15-,16-,17?,18+,19?/m1/s1. The van der Waals surface area contributed by atoms with Gasteiger partial charge in [0.15, 0.2) is 12.1 Å². The van der Waals surface area contributed by atoms with E-state index in [4.69, 9.17) is 14.2 Å². The van der Waals surface area contributed by atoms with E-state index in [0.29, 0.717) is 12.8 Å². The lowest BCUT2D eigenvalue weighted by Crippen LogP contribution is -2.41. The van der Waals surface area contributed by atoms with Crippen LogP contribution in [-0.4, -0.2) is 47.7 Å². The average Bonchev–Trinajstić information content (AvgIpc) is 3.09. The molecule has 2 saturated heterocycles. The van der Waals surface area contributed by atoms with Gasteiger partial charge in [-0.1, -0.05) is 32.6 Å². The average molecular weight is 357 g/mol. The Morgan fingerprint density at radius 3 is 2.48 bits per heavy atom. The third-order valence-electron chi connectivity index (χ3n) is 6.34. The Hall–Kier alpha value is -0.200. The topological polar surface area (TPSA) is 68.2 Å². The van der Waals surface area contributed by atoms with Crippen LogP contribution in [0.15, 0.2) is 0 Å². The number of hydrogen-bond donors (Lipinski definition) is 2. The lowest BCUT2D eigenvalue weighted by molar-refractivity contribution is -0.275. The Morgan fingerprint density at radius 2 is 1.72 bits per heavy atom. The summed E-state index contributed by atoms with van der Waals surface area (Å²) < 4.78 is 17.8. The van der Waals surface area contributed by atoms with Gasteiger partial charge < -0.3 is 24.4 Å². The summed E-state index contributed by atoms with van der Waals surface area (Å²) >= 11 is 0. The van der Waals surface area contributed by atoms with Crippen LogP contribution < -0.4 is 0 Å². The van der Waals surface area contributed by atoms with E-state index in [0.717, 1.165) is 45.3 Å². The van der Waals surface area contributed by atoms with Gasteiger partial charge >= 0.3 is 0 Å². The third-order valence-corrected chi connectivity index (χ3v) is 6.34. The Morgan fingerprint density at radius 1 is 0.960 bits per heavy atom. The number of aliphatic hydroxyl groups is 2. The molecule has 0 aromatic rings. The molecule has 1 saturated carbocycles. The predicted octanol–water partition coefficient (Wildman–Crippen LogP) is 3.36. The fraction of sp³-hybridized carbons (Fsp3) is 1.00. The Bertz CT molecular complexity index is 396. The normalized spacial score (nSPS) is 37.3. The number of rotatable bonds is 9. The van der Waals surface area contributed by atoms with E-state index in [1.54, 1.807) is 0 Å². The molecule has 1 aliphatic carbocycles. The second-order valence-corrected chi connectivity index (χ2v) is 8.16. The summed E-state index contributed by atoms with van der Waals surface area (Å²) in [6.45, 7) is 3.78. The first-order chi connectivity index (χ1) is 12.1. The molecule has 3 rings (SSSR count). The zero-order valence-corrected chi connectivity index (χ0v) is 15.7. The maximum absolute atomic E-state index is 10.4. The summed E-state index contributed by atoms with van der Waals surface area (Å²) in [6.07, 6.45) is 10.2. The van der Waals surface area contributed by atoms with Gasteiger partial charge in [0.05, 0.1) is 25.4 Å². The van der Waals surface area contributed by atoms with Crippen molar-refractivity contribution in [2.24, 2.45) is 11.8 Å². The van der Waals surface area contributed by atoms with Gasteiger partial charge in [-0.3, -0.25) is 0 Å². The van der Waals surface area contributed by atoms with E-state index in [1.165, 1.54) is 25.7 Å². The lowest BCUT2D eigenvalue weighted by atomic mass is 9.85. The summed E-state index contributed by atoms with van der Waals surface area (Å²) in [4.78, 5) is 0. The summed E-state index contributed by atoms with van der Waals surface area (Å²) in [6, 6.07) is 0. The van der Waals surface area contributed by atoms with E-state index in [9.17, 15) is 10.2 Å². The highest BCUT2D eigenvalue weighted by Gasteiger charge is 2.49. The molecule has 0 aromatic heterocycles. The minimum atomic E-state index is -0.653. The van der Waals surface area contributed by atoms with Crippen molar-refractivity contribution in [3.63, 3.8) is 0 Å². The van der Waals surface area contributed by atoms with Gasteiger partial charge in [0.2, 0.25) is 0 Å². The van der Waals surface area contributed by atoms with Crippen LogP contribution in [0.4, 0.5) is 0 Å². The first kappa shape index (κ1) is 19.6. The molecule has 146 valence electrons. The van der Waals surface area contributed by atoms with Crippen LogP contribution in [-0.2, 0) is 14.2 Å². The van der Waals surface area contributed by atoms with Gasteiger partial charge in [-0.15, -0.1) is 0 Å². The first-order valence-electron chi connectivity index (χ1n) is 10.4. The Kier molecular flexibility index (Phi) is 7.15. The monoisotopic (exact) mass is 356 g/mol. The fourth-order valence-electron chi connectivity index (χ4n) is 4.94. The van der Waals surface area contributed by atoms with Gasteiger partial charge in [-0.05, 0) is 31.1 Å². The molecule has 5 heteroatoms. The molecule has 3 aliphatic rings. The van der Waals surface area contributed by atoms with Gasteiger partial charge in [0.25, 0.3) is 0 Å². The van der Waals surface area contributed by atoms with E-state index in [-0.39, 0.29) is 24.0 Å². The summed E-state index contributed by atoms with van der Waals surface area (Å²) in [5, 5.41) is 20.2. The van der Waals surface area contributed by atoms with Crippen molar-refractivity contribution in [2.75, 3.05) is 13.2 Å². The molecule has 25 heavy (non-hydrogen) atoms.